The van der Waals surface area contributed by atoms with Gasteiger partial charge in [-0.15, -0.1) is 0 Å². The summed E-state index contributed by atoms with van der Waals surface area (Å²) in [6.07, 6.45) is 0.938. The van der Waals surface area contributed by atoms with Gasteiger partial charge in [-0.05, 0) is 43.2 Å². The number of methoxy groups -OCH3 is 1. The zero-order chi connectivity index (χ0) is 19.1. The smallest absolute Gasteiger partial charge is 0.322 e. The Bertz CT molecular complexity index is 765. The Morgan fingerprint density at radius 3 is 2.78 bits per heavy atom. The molecular formula is C21H26N2O4. The maximum Gasteiger partial charge on any atom is 0.322 e. The summed E-state index contributed by atoms with van der Waals surface area (Å²) in [5.41, 5.74) is 1.74. The van der Waals surface area contributed by atoms with Gasteiger partial charge in [0.1, 0.15) is 18.1 Å². The van der Waals surface area contributed by atoms with Crippen LogP contribution in [0.4, 0.5) is 10.5 Å². The summed E-state index contributed by atoms with van der Waals surface area (Å²) in [4.78, 5) is 14.6. The molecule has 6 nitrogen and oxygen atoms in total. The molecule has 0 aliphatic carbocycles. The highest BCUT2D eigenvalue weighted by molar-refractivity contribution is 5.91. The number of nitrogens with one attached hydrogen (secondary N) is 1. The first-order valence-corrected chi connectivity index (χ1v) is 9.24. The van der Waals surface area contributed by atoms with Crippen LogP contribution in [-0.4, -0.2) is 44.4 Å². The summed E-state index contributed by atoms with van der Waals surface area (Å²) in [6.45, 7) is 4.28. The molecule has 1 atom stereocenters. The average molecular weight is 370 g/mol. The molecule has 6 heteroatoms. The minimum Gasteiger partial charge on any atom is -0.497 e. The van der Waals surface area contributed by atoms with Gasteiger partial charge < -0.3 is 24.4 Å². The molecule has 0 radical (unpaired) electrons. The first-order chi connectivity index (χ1) is 13.2. The van der Waals surface area contributed by atoms with Crippen LogP contribution in [0.5, 0.6) is 11.5 Å². The highest BCUT2D eigenvalue weighted by Gasteiger charge is 2.33. The number of ether oxygens (including phenoxy) is 3. The molecule has 1 aliphatic heterocycles. The van der Waals surface area contributed by atoms with Crippen molar-refractivity contribution in [2.24, 2.45) is 0 Å². The lowest BCUT2D eigenvalue weighted by molar-refractivity contribution is 0.110. The average Bonchev–Trinajstić information content (AvgIpc) is 2.65. The zero-order valence-corrected chi connectivity index (χ0v) is 15.8. The number of carbonyl (C=O) groups excluding carboxylic acids is 1. The van der Waals surface area contributed by atoms with Crippen LogP contribution < -0.4 is 14.8 Å². The molecule has 1 aliphatic rings. The molecule has 144 valence electrons. The number of urea groups is 1. The van der Waals surface area contributed by atoms with Crippen LogP contribution in [-0.2, 0) is 4.74 Å². The molecule has 0 bridgehead atoms. The lowest BCUT2D eigenvalue weighted by atomic mass is 9.95. The summed E-state index contributed by atoms with van der Waals surface area (Å²) >= 11 is 0. The first kappa shape index (κ1) is 19.0. The highest BCUT2D eigenvalue weighted by atomic mass is 16.5. The van der Waals surface area contributed by atoms with Gasteiger partial charge in [0.05, 0.1) is 25.4 Å². The van der Waals surface area contributed by atoms with Gasteiger partial charge in [0.2, 0.25) is 0 Å². The molecule has 3 rings (SSSR count). The van der Waals surface area contributed by atoms with Crippen LogP contribution in [0, 0.1) is 0 Å². The van der Waals surface area contributed by atoms with E-state index >= 15 is 0 Å². The predicted octanol–water partition coefficient (Wildman–Crippen LogP) is 4.09. The summed E-state index contributed by atoms with van der Waals surface area (Å²) in [7, 11) is 1.65. The molecule has 2 aromatic carbocycles. The van der Waals surface area contributed by atoms with Crippen LogP contribution >= 0.6 is 0 Å². The van der Waals surface area contributed by atoms with Crippen LogP contribution in [0.3, 0.4) is 0 Å². The first-order valence-electron chi connectivity index (χ1n) is 9.24. The van der Waals surface area contributed by atoms with Gasteiger partial charge in [-0.25, -0.2) is 4.79 Å². The fraction of sp³-hybridized carbons (Fsp3) is 0.381. The molecule has 1 N–H and O–H groups in total. The number of carbonyl (C=O) groups is 1. The Hall–Kier alpha value is -2.73. The van der Waals surface area contributed by atoms with Gasteiger partial charge in [0.15, 0.2) is 0 Å². The highest BCUT2D eigenvalue weighted by Crippen LogP contribution is 2.35. The molecule has 0 aromatic heterocycles. The van der Waals surface area contributed by atoms with Crippen molar-refractivity contribution in [2.45, 2.75) is 19.4 Å². The van der Waals surface area contributed by atoms with E-state index in [1.165, 1.54) is 0 Å². The van der Waals surface area contributed by atoms with Crippen molar-refractivity contribution in [3.05, 3.63) is 54.1 Å². The van der Waals surface area contributed by atoms with E-state index in [1.54, 1.807) is 7.11 Å². The largest absolute Gasteiger partial charge is 0.497 e. The van der Waals surface area contributed by atoms with Crippen molar-refractivity contribution in [3.63, 3.8) is 0 Å². The lowest BCUT2D eigenvalue weighted by Crippen LogP contribution is -2.47. The predicted molar refractivity (Wildman–Crippen MR) is 105 cm³/mol. The van der Waals surface area contributed by atoms with Crippen LogP contribution in [0.15, 0.2) is 48.5 Å². The molecule has 2 aromatic rings. The molecule has 0 saturated carbocycles. The molecule has 1 saturated heterocycles. The summed E-state index contributed by atoms with van der Waals surface area (Å²) in [5.74, 6) is 1.44. The summed E-state index contributed by atoms with van der Waals surface area (Å²) < 4.78 is 16.3. The Kier molecular flexibility index (Phi) is 6.54. The number of anilines is 1. The second-order valence-corrected chi connectivity index (χ2v) is 6.25. The third-order valence-electron chi connectivity index (χ3n) is 4.58. The molecule has 1 heterocycles. The van der Waals surface area contributed by atoms with Gasteiger partial charge in [0.25, 0.3) is 0 Å². The van der Waals surface area contributed by atoms with Gasteiger partial charge in [-0.1, -0.05) is 24.3 Å². The molecule has 27 heavy (non-hydrogen) atoms. The monoisotopic (exact) mass is 370 g/mol. The van der Waals surface area contributed by atoms with E-state index in [-0.39, 0.29) is 12.1 Å². The van der Waals surface area contributed by atoms with Crippen molar-refractivity contribution < 1.29 is 19.0 Å². The fourth-order valence-corrected chi connectivity index (χ4v) is 3.06. The van der Waals surface area contributed by atoms with Gasteiger partial charge in [-0.2, -0.15) is 0 Å². The number of rotatable bonds is 8. The van der Waals surface area contributed by atoms with E-state index in [2.05, 4.69) is 5.32 Å². The van der Waals surface area contributed by atoms with E-state index in [1.807, 2.05) is 60.4 Å². The van der Waals surface area contributed by atoms with E-state index in [0.717, 1.165) is 24.3 Å². The number of amides is 2. The van der Waals surface area contributed by atoms with Crippen molar-refractivity contribution >= 4 is 11.7 Å². The number of hydrogen-bond donors (Lipinski definition) is 1. The van der Waals surface area contributed by atoms with Gasteiger partial charge in [0, 0.05) is 13.2 Å². The van der Waals surface area contributed by atoms with Crippen LogP contribution in [0.1, 0.15) is 24.9 Å². The van der Waals surface area contributed by atoms with E-state index in [0.29, 0.717) is 31.3 Å². The lowest BCUT2D eigenvalue weighted by Gasteiger charge is -2.41. The Labute approximate surface area is 160 Å². The van der Waals surface area contributed by atoms with Crippen molar-refractivity contribution in [1.29, 1.82) is 0 Å². The van der Waals surface area contributed by atoms with Crippen molar-refractivity contribution in [3.8, 4) is 11.5 Å². The van der Waals surface area contributed by atoms with Crippen LogP contribution in [0.2, 0.25) is 0 Å². The van der Waals surface area contributed by atoms with E-state index in [4.69, 9.17) is 14.2 Å². The summed E-state index contributed by atoms with van der Waals surface area (Å²) in [5, 5.41) is 2.97. The van der Waals surface area contributed by atoms with Crippen molar-refractivity contribution in [2.75, 3.05) is 38.8 Å². The zero-order valence-electron chi connectivity index (χ0n) is 15.8. The maximum absolute atomic E-state index is 12.8. The standard InChI is InChI=1S/C21H26N2O4/c1-3-26-13-14-27-20-10-5-4-9-18(20)22-21(24)23-12-11-19(23)16-7-6-8-17(15-16)25-2/h4-10,15,19H,3,11-14H2,1-2H3,(H,22,24). The minimum absolute atomic E-state index is 0.0612. The summed E-state index contributed by atoms with van der Waals surface area (Å²) in [6, 6.07) is 15.2. The quantitative estimate of drug-likeness (QED) is 0.711. The molecule has 1 unspecified atom stereocenters. The Morgan fingerprint density at radius 1 is 1.19 bits per heavy atom. The topological polar surface area (TPSA) is 60.0 Å². The number of nitrogens with zero attached hydrogens (tertiary/aromatic N) is 1. The van der Waals surface area contributed by atoms with Gasteiger partial charge in [-0.3, -0.25) is 0 Å². The number of para-hydroxylation sites is 2. The minimum atomic E-state index is -0.130. The normalized spacial score (nSPS) is 15.8. The maximum atomic E-state index is 12.8. The number of benzene rings is 2. The Balaban J connectivity index is 1.63. The van der Waals surface area contributed by atoms with Crippen molar-refractivity contribution in [1.82, 2.24) is 4.90 Å². The molecular weight excluding hydrogens is 344 g/mol. The molecule has 1 fully saturated rings. The van der Waals surface area contributed by atoms with Gasteiger partial charge >= 0.3 is 6.03 Å². The fourth-order valence-electron chi connectivity index (χ4n) is 3.06. The van der Waals surface area contributed by atoms with E-state index in [9.17, 15) is 4.79 Å². The third kappa shape index (κ3) is 4.71. The Morgan fingerprint density at radius 2 is 2.04 bits per heavy atom. The molecule has 0 spiro atoms. The number of hydrogen-bond acceptors (Lipinski definition) is 4. The SMILES string of the molecule is CCOCCOc1ccccc1NC(=O)N1CCC1c1cccc(OC)c1. The number of likely N-dealkylation sites (tertiary alicyclic amines) is 1. The second kappa shape index (κ2) is 9.28. The van der Waals surface area contributed by atoms with E-state index < -0.39 is 0 Å². The third-order valence-corrected chi connectivity index (χ3v) is 4.58. The van der Waals surface area contributed by atoms with Crippen LogP contribution in [0.25, 0.3) is 0 Å². The second-order valence-electron chi connectivity index (χ2n) is 6.25. The molecule has 2 amide bonds.